The van der Waals surface area contributed by atoms with Gasteiger partial charge in [-0.3, -0.25) is 0 Å². The molecule has 4 heteroatoms. The monoisotopic (exact) mass is 282 g/mol. The van der Waals surface area contributed by atoms with Crippen molar-refractivity contribution in [2.45, 2.75) is 70.9 Å². The fraction of sp³-hybridized carbons (Fsp3) is 0.938. The van der Waals surface area contributed by atoms with E-state index < -0.39 is 5.60 Å². The zero-order chi connectivity index (χ0) is 14.8. The maximum Gasteiger partial charge on any atom is 0.410 e. The highest BCUT2D eigenvalue weighted by atomic mass is 16.6. The first-order valence-electron chi connectivity index (χ1n) is 8.08. The Morgan fingerprint density at radius 2 is 1.75 bits per heavy atom. The van der Waals surface area contributed by atoms with Crippen molar-refractivity contribution >= 4 is 6.09 Å². The maximum absolute atomic E-state index is 12.0. The second-order valence-corrected chi connectivity index (χ2v) is 7.49. The molecular weight excluding hydrogens is 252 g/mol. The molecular formula is C16H30N2O2. The van der Waals surface area contributed by atoms with E-state index in [-0.39, 0.29) is 6.09 Å². The number of hydrogen-bond donors (Lipinski definition) is 1. The molecule has 0 aromatic carbocycles. The molecule has 0 bridgehead atoms. The zero-order valence-electron chi connectivity index (χ0n) is 13.2. The van der Waals surface area contributed by atoms with Gasteiger partial charge in [0.05, 0.1) is 0 Å². The maximum atomic E-state index is 12.0. The highest BCUT2D eigenvalue weighted by Gasteiger charge is 2.32. The summed E-state index contributed by atoms with van der Waals surface area (Å²) in [5.41, 5.74) is 5.69. The molecule has 2 atom stereocenters. The van der Waals surface area contributed by atoms with Gasteiger partial charge in [-0.15, -0.1) is 0 Å². The number of nitrogens with zero attached hydrogens (tertiary/aromatic N) is 1. The van der Waals surface area contributed by atoms with Crippen molar-refractivity contribution in [2.24, 2.45) is 17.6 Å². The van der Waals surface area contributed by atoms with E-state index in [1.54, 1.807) is 0 Å². The third kappa shape index (κ3) is 4.37. The molecule has 1 saturated carbocycles. The zero-order valence-corrected chi connectivity index (χ0v) is 13.2. The first-order chi connectivity index (χ1) is 9.35. The van der Waals surface area contributed by atoms with Gasteiger partial charge in [0.25, 0.3) is 0 Å². The Kier molecular flexibility index (Phi) is 4.95. The average molecular weight is 282 g/mol. The van der Waals surface area contributed by atoms with Gasteiger partial charge < -0.3 is 15.4 Å². The van der Waals surface area contributed by atoms with Crippen molar-refractivity contribution < 1.29 is 9.53 Å². The quantitative estimate of drug-likeness (QED) is 0.803. The van der Waals surface area contributed by atoms with Crippen LogP contribution in [-0.2, 0) is 4.74 Å². The number of piperidine rings is 1. The molecule has 116 valence electrons. The Hall–Kier alpha value is -0.770. The molecule has 0 unspecified atom stereocenters. The van der Waals surface area contributed by atoms with Gasteiger partial charge in [-0.05, 0) is 58.3 Å². The molecule has 4 nitrogen and oxygen atoms in total. The first kappa shape index (κ1) is 15.6. The van der Waals surface area contributed by atoms with Crippen LogP contribution in [0.2, 0.25) is 0 Å². The molecule has 1 heterocycles. The van der Waals surface area contributed by atoms with Crippen LogP contribution in [0, 0.1) is 11.8 Å². The standard InChI is InChI=1S/C16H30N2O2/c1-16(2,3)20-15(19)18-9-7-12(8-10-18)13-5-4-6-14(17)11-13/h12-14H,4-11,17H2,1-3H3/t13-,14+/m1/s1. The molecule has 1 aliphatic carbocycles. The fourth-order valence-corrected chi connectivity index (χ4v) is 3.57. The molecule has 1 amide bonds. The minimum atomic E-state index is -0.399. The van der Waals surface area contributed by atoms with Crippen LogP contribution in [0.15, 0.2) is 0 Å². The van der Waals surface area contributed by atoms with Crippen molar-refractivity contribution in [3.8, 4) is 0 Å². The molecule has 1 aliphatic heterocycles. The molecule has 2 aliphatic rings. The van der Waals surface area contributed by atoms with E-state index in [9.17, 15) is 4.79 Å². The number of likely N-dealkylation sites (tertiary alicyclic amines) is 1. The van der Waals surface area contributed by atoms with E-state index in [4.69, 9.17) is 10.5 Å². The van der Waals surface area contributed by atoms with Gasteiger partial charge in [0.2, 0.25) is 0 Å². The highest BCUT2D eigenvalue weighted by molar-refractivity contribution is 5.68. The number of nitrogens with two attached hydrogens (primary N) is 1. The van der Waals surface area contributed by atoms with Gasteiger partial charge >= 0.3 is 6.09 Å². The number of rotatable bonds is 1. The molecule has 1 saturated heterocycles. The summed E-state index contributed by atoms with van der Waals surface area (Å²) in [7, 11) is 0. The molecule has 20 heavy (non-hydrogen) atoms. The molecule has 0 radical (unpaired) electrons. The van der Waals surface area contributed by atoms with Crippen LogP contribution < -0.4 is 5.73 Å². The minimum absolute atomic E-state index is 0.156. The van der Waals surface area contributed by atoms with Crippen LogP contribution in [0.25, 0.3) is 0 Å². The fourth-order valence-electron chi connectivity index (χ4n) is 3.57. The summed E-state index contributed by atoms with van der Waals surface area (Å²) in [5.74, 6) is 1.53. The normalized spacial score (nSPS) is 29.3. The van der Waals surface area contributed by atoms with Crippen molar-refractivity contribution in [1.82, 2.24) is 4.90 Å². The Balaban J connectivity index is 1.78. The van der Waals surface area contributed by atoms with Gasteiger partial charge in [0.15, 0.2) is 0 Å². The van der Waals surface area contributed by atoms with E-state index in [1.807, 2.05) is 25.7 Å². The number of carbonyl (C=O) groups excluding carboxylic acids is 1. The van der Waals surface area contributed by atoms with Crippen molar-refractivity contribution in [3.63, 3.8) is 0 Å². The third-order valence-electron chi connectivity index (χ3n) is 4.61. The summed E-state index contributed by atoms with van der Waals surface area (Å²) in [6, 6.07) is 0.401. The Morgan fingerprint density at radius 1 is 1.10 bits per heavy atom. The topological polar surface area (TPSA) is 55.6 Å². The lowest BCUT2D eigenvalue weighted by molar-refractivity contribution is 0.0146. The highest BCUT2D eigenvalue weighted by Crippen LogP contribution is 2.35. The predicted molar refractivity (Wildman–Crippen MR) is 80.5 cm³/mol. The van der Waals surface area contributed by atoms with Gasteiger partial charge in [-0.1, -0.05) is 12.8 Å². The lowest BCUT2D eigenvalue weighted by Crippen LogP contribution is -2.43. The summed E-state index contributed by atoms with van der Waals surface area (Å²) < 4.78 is 5.44. The van der Waals surface area contributed by atoms with Crippen molar-refractivity contribution in [1.29, 1.82) is 0 Å². The van der Waals surface area contributed by atoms with E-state index in [2.05, 4.69) is 0 Å². The van der Waals surface area contributed by atoms with Crippen LogP contribution in [-0.4, -0.2) is 35.7 Å². The Morgan fingerprint density at radius 3 is 2.30 bits per heavy atom. The van der Waals surface area contributed by atoms with Gasteiger partial charge in [0, 0.05) is 19.1 Å². The molecule has 2 rings (SSSR count). The number of ether oxygens (including phenoxy) is 1. The minimum Gasteiger partial charge on any atom is -0.444 e. The first-order valence-corrected chi connectivity index (χ1v) is 8.08. The summed E-state index contributed by atoms with van der Waals surface area (Å²) in [5, 5.41) is 0. The van der Waals surface area contributed by atoms with E-state index in [0.29, 0.717) is 6.04 Å². The third-order valence-corrected chi connectivity index (χ3v) is 4.61. The SMILES string of the molecule is CC(C)(C)OC(=O)N1CCC([C@@H]2CCC[C@H](N)C2)CC1. The van der Waals surface area contributed by atoms with Crippen LogP contribution in [0.5, 0.6) is 0 Å². The average Bonchev–Trinajstić information content (AvgIpc) is 2.37. The smallest absolute Gasteiger partial charge is 0.410 e. The molecule has 2 N–H and O–H groups in total. The number of hydrogen-bond acceptors (Lipinski definition) is 3. The largest absolute Gasteiger partial charge is 0.444 e. The van der Waals surface area contributed by atoms with E-state index in [0.717, 1.165) is 37.8 Å². The van der Waals surface area contributed by atoms with Gasteiger partial charge in [0.1, 0.15) is 5.60 Å². The molecule has 0 aromatic heterocycles. The second-order valence-electron chi connectivity index (χ2n) is 7.49. The van der Waals surface area contributed by atoms with Crippen LogP contribution in [0.4, 0.5) is 4.79 Å². The summed E-state index contributed by atoms with van der Waals surface area (Å²) >= 11 is 0. The summed E-state index contributed by atoms with van der Waals surface area (Å²) in [6.45, 7) is 7.43. The second kappa shape index (κ2) is 6.33. The predicted octanol–water partition coefficient (Wildman–Crippen LogP) is 3.15. The number of amides is 1. The van der Waals surface area contributed by atoms with Crippen LogP contribution in [0.3, 0.4) is 0 Å². The van der Waals surface area contributed by atoms with Gasteiger partial charge in [-0.25, -0.2) is 4.79 Å². The van der Waals surface area contributed by atoms with E-state index >= 15 is 0 Å². The van der Waals surface area contributed by atoms with E-state index in [1.165, 1.54) is 25.7 Å². The number of carbonyl (C=O) groups is 1. The molecule has 2 fully saturated rings. The molecule has 0 aromatic rings. The lowest BCUT2D eigenvalue weighted by Gasteiger charge is -2.39. The summed E-state index contributed by atoms with van der Waals surface area (Å²) in [4.78, 5) is 13.9. The Labute approximate surface area is 123 Å². The van der Waals surface area contributed by atoms with Crippen LogP contribution >= 0.6 is 0 Å². The molecule has 0 spiro atoms. The van der Waals surface area contributed by atoms with Gasteiger partial charge in [-0.2, -0.15) is 0 Å². The lowest BCUT2D eigenvalue weighted by atomic mass is 9.74. The van der Waals surface area contributed by atoms with Crippen molar-refractivity contribution in [3.05, 3.63) is 0 Å². The summed E-state index contributed by atoms with van der Waals surface area (Å²) in [6.07, 6.45) is 7.02. The Bertz CT molecular complexity index is 330. The van der Waals surface area contributed by atoms with Crippen molar-refractivity contribution in [2.75, 3.05) is 13.1 Å². The van der Waals surface area contributed by atoms with Crippen LogP contribution in [0.1, 0.15) is 59.3 Å².